The number of methoxy groups -OCH3 is 1. The van der Waals surface area contributed by atoms with Crippen LogP contribution in [0, 0.1) is 0 Å². The lowest BCUT2D eigenvalue weighted by molar-refractivity contribution is 0.306. The molecule has 0 bridgehead atoms. The molecule has 0 radical (unpaired) electrons. The molecule has 0 atom stereocenters. The van der Waals surface area contributed by atoms with Gasteiger partial charge in [0.25, 0.3) is 0 Å². The van der Waals surface area contributed by atoms with Gasteiger partial charge in [0, 0.05) is 0 Å². The van der Waals surface area contributed by atoms with Gasteiger partial charge < -0.3 is 9.47 Å². The quantitative estimate of drug-likeness (QED) is 0.694. The minimum absolute atomic E-state index is 0.558. The summed E-state index contributed by atoms with van der Waals surface area (Å²) < 4.78 is 11.0. The molecular weight excluding hydrogens is 248 g/mol. The third-order valence-corrected chi connectivity index (χ3v) is 3.29. The molecule has 3 rings (SSSR count). The van der Waals surface area contributed by atoms with E-state index in [9.17, 15) is 0 Å². The molecule has 0 aliphatic carbocycles. The summed E-state index contributed by atoms with van der Waals surface area (Å²) in [7, 11) is 1.67. The lowest BCUT2D eigenvalue weighted by atomic mass is 10.1. The van der Waals surface area contributed by atoms with Gasteiger partial charge in [-0.3, -0.25) is 0 Å². The highest BCUT2D eigenvalue weighted by molar-refractivity contribution is 5.83. The van der Waals surface area contributed by atoms with Crippen molar-refractivity contribution in [3.63, 3.8) is 0 Å². The summed E-state index contributed by atoms with van der Waals surface area (Å²) in [6, 6.07) is 22.3. The smallest absolute Gasteiger partial charge is 0.120 e. The van der Waals surface area contributed by atoms with E-state index < -0.39 is 0 Å². The molecule has 3 aromatic carbocycles. The largest absolute Gasteiger partial charge is 0.497 e. The number of fused-ring (bicyclic) bond motifs is 1. The van der Waals surface area contributed by atoms with E-state index in [1.54, 1.807) is 7.11 Å². The minimum atomic E-state index is 0.558. The molecule has 0 aliphatic rings. The Balaban J connectivity index is 1.72. The second-order valence-corrected chi connectivity index (χ2v) is 4.65. The van der Waals surface area contributed by atoms with Crippen molar-refractivity contribution < 1.29 is 9.47 Å². The van der Waals surface area contributed by atoms with Crippen molar-refractivity contribution in [1.29, 1.82) is 0 Å². The van der Waals surface area contributed by atoms with Gasteiger partial charge in [-0.15, -0.1) is 0 Å². The van der Waals surface area contributed by atoms with Crippen LogP contribution in [-0.2, 0) is 6.61 Å². The summed E-state index contributed by atoms with van der Waals surface area (Å²) in [6.45, 7) is 0.558. The predicted molar refractivity (Wildman–Crippen MR) is 81.3 cm³/mol. The molecule has 100 valence electrons. The maximum absolute atomic E-state index is 5.83. The first-order valence-corrected chi connectivity index (χ1v) is 6.60. The molecule has 0 unspecified atom stereocenters. The minimum Gasteiger partial charge on any atom is -0.497 e. The van der Waals surface area contributed by atoms with Gasteiger partial charge in [0.15, 0.2) is 0 Å². The van der Waals surface area contributed by atoms with E-state index in [1.165, 1.54) is 10.8 Å². The summed E-state index contributed by atoms with van der Waals surface area (Å²) in [5.74, 6) is 1.75. The van der Waals surface area contributed by atoms with Gasteiger partial charge in [0.2, 0.25) is 0 Å². The lowest BCUT2D eigenvalue weighted by Crippen LogP contribution is -1.95. The number of benzene rings is 3. The Morgan fingerprint density at radius 1 is 0.750 bits per heavy atom. The van der Waals surface area contributed by atoms with E-state index in [2.05, 4.69) is 24.3 Å². The van der Waals surface area contributed by atoms with Crippen molar-refractivity contribution in [2.75, 3.05) is 7.11 Å². The Kier molecular flexibility index (Phi) is 3.55. The fraction of sp³-hybridized carbons (Fsp3) is 0.111. The van der Waals surface area contributed by atoms with Crippen LogP contribution < -0.4 is 9.47 Å². The summed E-state index contributed by atoms with van der Waals surface area (Å²) in [5.41, 5.74) is 1.12. The van der Waals surface area contributed by atoms with E-state index in [4.69, 9.17) is 9.47 Å². The second-order valence-electron chi connectivity index (χ2n) is 4.65. The number of rotatable bonds is 4. The fourth-order valence-electron chi connectivity index (χ4n) is 2.15. The average molecular weight is 264 g/mol. The zero-order valence-corrected chi connectivity index (χ0v) is 11.4. The van der Waals surface area contributed by atoms with Gasteiger partial charge in [0.05, 0.1) is 7.11 Å². The molecule has 2 heteroatoms. The van der Waals surface area contributed by atoms with Crippen LogP contribution in [0.2, 0.25) is 0 Å². The van der Waals surface area contributed by atoms with Crippen molar-refractivity contribution in [1.82, 2.24) is 0 Å². The predicted octanol–water partition coefficient (Wildman–Crippen LogP) is 4.43. The molecule has 0 fully saturated rings. The molecule has 2 nitrogen and oxygen atoms in total. The summed E-state index contributed by atoms with van der Waals surface area (Å²) in [6.07, 6.45) is 0. The molecule has 0 aromatic heterocycles. The van der Waals surface area contributed by atoms with Crippen LogP contribution >= 0.6 is 0 Å². The highest BCUT2D eigenvalue weighted by Gasteiger charge is 1.99. The van der Waals surface area contributed by atoms with Crippen molar-refractivity contribution in [3.05, 3.63) is 72.3 Å². The third kappa shape index (κ3) is 2.75. The second kappa shape index (κ2) is 5.66. The summed E-state index contributed by atoms with van der Waals surface area (Å²) in [4.78, 5) is 0. The fourth-order valence-corrected chi connectivity index (χ4v) is 2.15. The van der Waals surface area contributed by atoms with Crippen molar-refractivity contribution in [2.45, 2.75) is 6.61 Å². The van der Waals surface area contributed by atoms with Crippen LogP contribution in [0.4, 0.5) is 0 Å². The van der Waals surface area contributed by atoms with Crippen LogP contribution in [0.1, 0.15) is 5.56 Å². The molecule has 0 N–H and O–H groups in total. The topological polar surface area (TPSA) is 18.5 Å². The molecule has 0 aliphatic heterocycles. The monoisotopic (exact) mass is 264 g/mol. The maximum Gasteiger partial charge on any atom is 0.120 e. The van der Waals surface area contributed by atoms with E-state index in [0.717, 1.165) is 17.1 Å². The number of hydrogen-bond donors (Lipinski definition) is 0. The van der Waals surface area contributed by atoms with E-state index >= 15 is 0 Å². The highest BCUT2D eigenvalue weighted by Crippen LogP contribution is 2.21. The third-order valence-electron chi connectivity index (χ3n) is 3.29. The lowest BCUT2D eigenvalue weighted by Gasteiger charge is -2.08. The van der Waals surface area contributed by atoms with Crippen molar-refractivity contribution in [2.24, 2.45) is 0 Å². The summed E-state index contributed by atoms with van der Waals surface area (Å²) in [5, 5.41) is 2.42. The first-order valence-electron chi connectivity index (χ1n) is 6.60. The summed E-state index contributed by atoms with van der Waals surface area (Å²) >= 11 is 0. The Bertz CT molecular complexity index is 702. The van der Waals surface area contributed by atoms with Gasteiger partial charge in [-0.25, -0.2) is 0 Å². The van der Waals surface area contributed by atoms with Crippen molar-refractivity contribution >= 4 is 10.8 Å². The zero-order valence-electron chi connectivity index (χ0n) is 11.4. The molecule has 0 spiro atoms. The normalized spacial score (nSPS) is 10.4. The molecule has 20 heavy (non-hydrogen) atoms. The first kappa shape index (κ1) is 12.5. The van der Waals surface area contributed by atoms with Gasteiger partial charge in [-0.1, -0.05) is 42.5 Å². The van der Waals surface area contributed by atoms with Gasteiger partial charge >= 0.3 is 0 Å². The molecule has 0 saturated carbocycles. The molecule has 3 aromatic rings. The Morgan fingerprint density at radius 2 is 1.45 bits per heavy atom. The van der Waals surface area contributed by atoms with Crippen LogP contribution in [0.3, 0.4) is 0 Å². The SMILES string of the molecule is COc1ccc(COc2ccc3ccccc3c2)cc1. The van der Waals surface area contributed by atoms with Crippen LogP contribution in [0.25, 0.3) is 10.8 Å². The number of ether oxygens (including phenoxy) is 2. The molecular formula is C18H16O2. The van der Waals surface area contributed by atoms with Crippen LogP contribution in [0.15, 0.2) is 66.7 Å². The Morgan fingerprint density at radius 3 is 2.20 bits per heavy atom. The maximum atomic E-state index is 5.83. The van der Waals surface area contributed by atoms with Crippen molar-refractivity contribution in [3.8, 4) is 11.5 Å². The zero-order chi connectivity index (χ0) is 13.8. The van der Waals surface area contributed by atoms with Gasteiger partial charge in [-0.05, 0) is 40.6 Å². The standard InChI is InChI=1S/C18H16O2/c1-19-17-9-6-14(7-10-17)13-20-18-11-8-15-4-2-3-5-16(15)12-18/h2-12H,13H2,1H3. The van der Waals surface area contributed by atoms with E-state index in [-0.39, 0.29) is 0 Å². The number of hydrogen-bond acceptors (Lipinski definition) is 2. The average Bonchev–Trinajstić information content (AvgIpc) is 2.53. The van der Waals surface area contributed by atoms with Crippen LogP contribution in [0.5, 0.6) is 11.5 Å². The molecule has 0 heterocycles. The molecule has 0 saturated heterocycles. The highest BCUT2D eigenvalue weighted by atomic mass is 16.5. The molecule has 0 amide bonds. The van der Waals surface area contributed by atoms with Gasteiger partial charge in [-0.2, -0.15) is 0 Å². The Hall–Kier alpha value is -2.48. The first-order chi connectivity index (χ1) is 9.85. The van der Waals surface area contributed by atoms with Crippen LogP contribution in [-0.4, -0.2) is 7.11 Å². The van der Waals surface area contributed by atoms with E-state index in [0.29, 0.717) is 6.61 Å². The van der Waals surface area contributed by atoms with E-state index in [1.807, 2.05) is 42.5 Å². The Labute approximate surface area is 118 Å². The van der Waals surface area contributed by atoms with Gasteiger partial charge in [0.1, 0.15) is 18.1 Å².